The number of ether oxygens (including phenoxy) is 1. The maximum atomic E-state index is 5.47. The van der Waals surface area contributed by atoms with Crippen LogP contribution in [0.3, 0.4) is 0 Å². The monoisotopic (exact) mass is 283 g/mol. The van der Waals surface area contributed by atoms with Gasteiger partial charge in [-0.1, -0.05) is 35.9 Å². The normalized spacial score (nSPS) is 12.2. The Morgan fingerprint density at radius 3 is 2.43 bits per heavy atom. The maximum Gasteiger partial charge on any atom is 0.123 e. The van der Waals surface area contributed by atoms with E-state index in [0.29, 0.717) is 0 Å². The molecule has 0 aliphatic heterocycles. The Labute approximate surface area is 128 Å². The molecule has 0 radical (unpaired) electrons. The third-order valence-corrected chi connectivity index (χ3v) is 4.04. The number of rotatable bonds is 5. The standard InChI is InChI=1S/C19H25NO/c1-13-6-9-19(21-5)18(10-13)16(4)20-12-17-8-7-14(2)15(3)11-17/h6-11,16,20H,12H2,1-5H3. The van der Waals surface area contributed by atoms with E-state index in [1.54, 1.807) is 7.11 Å². The van der Waals surface area contributed by atoms with Crippen molar-refractivity contribution in [1.82, 2.24) is 5.32 Å². The highest BCUT2D eigenvalue weighted by molar-refractivity contribution is 5.39. The molecule has 2 aromatic rings. The number of methoxy groups -OCH3 is 1. The summed E-state index contributed by atoms with van der Waals surface area (Å²) >= 11 is 0. The lowest BCUT2D eigenvalue weighted by Crippen LogP contribution is -2.19. The van der Waals surface area contributed by atoms with Crippen LogP contribution in [0.15, 0.2) is 36.4 Å². The van der Waals surface area contributed by atoms with Crippen LogP contribution in [0.5, 0.6) is 5.75 Å². The van der Waals surface area contributed by atoms with E-state index in [-0.39, 0.29) is 6.04 Å². The smallest absolute Gasteiger partial charge is 0.123 e. The molecule has 2 nitrogen and oxygen atoms in total. The van der Waals surface area contributed by atoms with Gasteiger partial charge in [0.05, 0.1) is 7.11 Å². The summed E-state index contributed by atoms with van der Waals surface area (Å²) in [5, 5.41) is 3.58. The first kappa shape index (κ1) is 15.6. The van der Waals surface area contributed by atoms with Crippen LogP contribution in [0.2, 0.25) is 0 Å². The van der Waals surface area contributed by atoms with Gasteiger partial charge in [0.2, 0.25) is 0 Å². The molecule has 0 amide bonds. The first-order chi connectivity index (χ1) is 10.0. The number of hydrogen-bond acceptors (Lipinski definition) is 2. The van der Waals surface area contributed by atoms with Gasteiger partial charge in [-0.25, -0.2) is 0 Å². The minimum absolute atomic E-state index is 0.251. The molecule has 0 saturated carbocycles. The Morgan fingerprint density at radius 1 is 1.00 bits per heavy atom. The van der Waals surface area contributed by atoms with E-state index in [4.69, 9.17) is 4.74 Å². The molecule has 2 aromatic carbocycles. The summed E-state index contributed by atoms with van der Waals surface area (Å²) in [6.45, 7) is 9.45. The lowest BCUT2D eigenvalue weighted by atomic mass is 10.0. The van der Waals surface area contributed by atoms with Crippen LogP contribution in [0.25, 0.3) is 0 Å². The van der Waals surface area contributed by atoms with Crippen molar-refractivity contribution in [2.45, 2.75) is 40.3 Å². The van der Waals surface area contributed by atoms with E-state index < -0.39 is 0 Å². The van der Waals surface area contributed by atoms with Crippen LogP contribution in [0.1, 0.15) is 40.8 Å². The molecule has 0 bridgehead atoms. The third kappa shape index (κ3) is 3.85. The average Bonchev–Trinajstić information content (AvgIpc) is 2.48. The maximum absolute atomic E-state index is 5.47. The van der Waals surface area contributed by atoms with Crippen LogP contribution < -0.4 is 10.1 Å². The Kier molecular flexibility index (Phi) is 5.03. The van der Waals surface area contributed by atoms with Gasteiger partial charge < -0.3 is 10.1 Å². The fraction of sp³-hybridized carbons (Fsp3) is 0.368. The van der Waals surface area contributed by atoms with Crippen LogP contribution in [-0.4, -0.2) is 7.11 Å². The van der Waals surface area contributed by atoms with E-state index in [1.807, 2.05) is 6.07 Å². The molecule has 0 aliphatic carbocycles. The number of nitrogens with one attached hydrogen (secondary N) is 1. The van der Waals surface area contributed by atoms with Crippen LogP contribution in [0.4, 0.5) is 0 Å². The van der Waals surface area contributed by atoms with E-state index in [1.165, 1.54) is 27.8 Å². The highest BCUT2D eigenvalue weighted by atomic mass is 16.5. The number of aryl methyl sites for hydroxylation is 3. The van der Waals surface area contributed by atoms with Gasteiger partial charge in [-0.2, -0.15) is 0 Å². The molecule has 0 aliphatic rings. The summed E-state index contributed by atoms with van der Waals surface area (Å²) in [5.74, 6) is 0.945. The molecular weight excluding hydrogens is 258 g/mol. The first-order valence-corrected chi connectivity index (χ1v) is 7.45. The largest absolute Gasteiger partial charge is 0.496 e. The molecule has 0 fully saturated rings. The van der Waals surface area contributed by atoms with E-state index in [0.717, 1.165) is 12.3 Å². The molecule has 2 rings (SSSR count). The van der Waals surface area contributed by atoms with Crippen molar-refractivity contribution in [1.29, 1.82) is 0 Å². The van der Waals surface area contributed by atoms with E-state index >= 15 is 0 Å². The van der Waals surface area contributed by atoms with Crippen molar-refractivity contribution in [2.75, 3.05) is 7.11 Å². The molecule has 0 spiro atoms. The highest BCUT2D eigenvalue weighted by Gasteiger charge is 2.11. The van der Waals surface area contributed by atoms with Gasteiger partial charge in [0.1, 0.15) is 5.75 Å². The summed E-state index contributed by atoms with van der Waals surface area (Å²) < 4.78 is 5.47. The molecule has 1 unspecified atom stereocenters. The molecule has 1 N–H and O–H groups in total. The topological polar surface area (TPSA) is 21.3 Å². The molecule has 1 atom stereocenters. The second-order valence-corrected chi connectivity index (χ2v) is 5.77. The average molecular weight is 283 g/mol. The van der Waals surface area contributed by atoms with Crippen LogP contribution in [-0.2, 0) is 6.54 Å². The lowest BCUT2D eigenvalue weighted by molar-refractivity contribution is 0.401. The van der Waals surface area contributed by atoms with E-state index in [2.05, 4.69) is 63.3 Å². The quantitative estimate of drug-likeness (QED) is 0.874. The van der Waals surface area contributed by atoms with Crippen molar-refractivity contribution in [2.24, 2.45) is 0 Å². The third-order valence-electron chi connectivity index (χ3n) is 4.04. The Morgan fingerprint density at radius 2 is 1.76 bits per heavy atom. The van der Waals surface area contributed by atoms with Gasteiger partial charge in [0, 0.05) is 18.2 Å². The Bertz CT molecular complexity index is 619. The minimum Gasteiger partial charge on any atom is -0.496 e. The van der Waals surface area contributed by atoms with Crippen molar-refractivity contribution >= 4 is 0 Å². The molecule has 21 heavy (non-hydrogen) atoms. The molecular formula is C19H25NO. The van der Waals surface area contributed by atoms with E-state index in [9.17, 15) is 0 Å². The second-order valence-electron chi connectivity index (χ2n) is 5.77. The summed E-state index contributed by atoms with van der Waals surface area (Å²) in [7, 11) is 1.73. The molecule has 0 aromatic heterocycles. The first-order valence-electron chi connectivity index (χ1n) is 7.45. The van der Waals surface area contributed by atoms with Gasteiger partial charge in [0.25, 0.3) is 0 Å². The fourth-order valence-corrected chi connectivity index (χ4v) is 2.49. The van der Waals surface area contributed by atoms with Crippen LogP contribution in [0, 0.1) is 20.8 Å². The van der Waals surface area contributed by atoms with Crippen molar-refractivity contribution in [3.8, 4) is 5.75 Å². The summed E-state index contributed by atoms with van der Waals surface area (Å²) in [5.41, 5.74) is 6.46. The van der Waals surface area contributed by atoms with Gasteiger partial charge in [-0.15, -0.1) is 0 Å². The van der Waals surface area contributed by atoms with Crippen molar-refractivity contribution in [3.63, 3.8) is 0 Å². The fourth-order valence-electron chi connectivity index (χ4n) is 2.49. The summed E-state index contributed by atoms with van der Waals surface area (Å²) in [6, 6.07) is 13.2. The highest BCUT2D eigenvalue weighted by Crippen LogP contribution is 2.26. The lowest BCUT2D eigenvalue weighted by Gasteiger charge is -2.18. The van der Waals surface area contributed by atoms with Gasteiger partial charge in [-0.3, -0.25) is 0 Å². The summed E-state index contributed by atoms with van der Waals surface area (Å²) in [6.07, 6.45) is 0. The zero-order valence-electron chi connectivity index (χ0n) is 13.7. The van der Waals surface area contributed by atoms with Crippen molar-refractivity contribution in [3.05, 3.63) is 64.2 Å². The molecule has 2 heteroatoms. The second kappa shape index (κ2) is 6.77. The Hall–Kier alpha value is -1.80. The molecule has 0 saturated heterocycles. The van der Waals surface area contributed by atoms with Gasteiger partial charge in [0.15, 0.2) is 0 Å². The number of hydrogen-bond donors (Lipinski definition) is 1. The van der Waals surface area contributed by atoms with Crippen LogP contribution >= 0.6 is 0 Å². The SMILES string of the molecule is COc1ccc(C)cc1C(C)NCc1ccc(C)c(C)c1. The predicted octanol–water partition coefficient (Wildman–Crippen LogP) is 4.47. The van der Waals surface area contributed by atoms with Gasteiger partial charge >= 0.3 is 0 Å². The van der Waals surface area contributed by atoms with Crippen molar-refractivity contribution < 1.29 is 4.74 Å². The summed E-state index contributed by atoms with van der Waals surface area (Å²) in [4.78, 5) is 0. The molecule has 0 heterocycles. The minimum atomic E-state index is 0.251. The van der Waals surface area contributed by atoms with Gasteiger partial charge in [-0.05, 0) is 50.5 Å². The molecule has 112 valence electrons. The number of benzene rings is 2. The Balaban J connectivity index is 2.09. The zero-order chi connectivity index (χ0) is 15.4. The predicted molar refractivity (Wildman–Crippen MR) is 88.9 cm³/mol. The zero-order valence-corrected chi connectivity index (χ0v) is 13.7.